The van der Waals surface area contributed by atoms with Gasteiger partial charge in [0.25, 0.3) is 0 Å². The predicted octanol–water partition coefficient (Wildman–Crippen LogP) is 1.42. The van der Waals surface area contributed by atoms with Crippen LogP contribution in [0, 0.1) is 6.92 Å². The number of nitrogens with one attached hydrogen (secondary N) is 1. The third-order valence-corrected chi connectivity index (χ3v) is 2.00. The Balaban J connectivity index is 2.74. The number of hydrogen-bond donors (Lipinski definition) is 2. The van der Waals surface area contributed by atoms with E-state index in [1.807, 2.05) is 6.92 Å². The molecule has 1 amide bonds. The Morgan fingerprint density at radius 2 is 2.12 bits per heavy atom. The molecular weight excluding hydrogens is 210 g/mol. The lowest BCUT2D eigenvalue weighted by atomic mass is 10.2. The molecule has 0 spiro atoms. The standard InChI is InChI=1S/C11H13NO4/c1-7-3-4-8(5-9(7)16-2)12-10(13)6-11(14)15/h3-5H,6H2,1-2H3,(H,12,13)(H,14,15). The molecule has 0 heterocycles. The summed E-state index contributed by atoms with van der Waals surface area (Å²) >= 11 is 0. The van der Waals surface area contributed by atoms with Gasteiger partial charge in [-0.3, -0.25) is 9.59 Å². The number of carbonyl (C=O) groups excluding carboxylic acids is 1. The van der Waals surface area contributed by atoms with Gasteiger partial charge < -0.3 is 15.2 Å². The van der Waals surface area contributed by atoms with Crippen molar-refractivity contribution in [2.24, 2.45) is 0 Å². The zero-order chi connectivity index (χ0) is 12.1. The topological polar surface area (TPSA) is 75.6 Å². The van der Waals surface area contributed by atoms with Crippen molar-refractivity contribution in [1.82, 2.24) is 0 Å². The highest BCUT2D eigenvalue weighted by Crippen LogP contribution is 2.22. The number of rotatable bonds is 4. The molecule has 1 aromatic carbocycles. The Labute approximate surface area is 93.0 Å². The number of benzene rings is 1. The normalized spacial score (nSPS) is 9.62. The molecule has 5 heteroatoms. The van der Waals surface area contributed by atoms with Gasteiger partial charge >= 0.3 is 5.97 Å². The molecule has 1 rings (SSSR count). The van der Waals surface area contributed by atoms with Crippen molar-refractivity contribution < 1.29 is 19.4 Å². The second kappa shape index (κ2) is 5.16. The van der Waals surface area contributed by atoms with E-state index >= 15 is 0 Å². The zero-order valence-electron chi connectivity index (χ0n) is 9.11. The van der Waals surface area contributed by atoms with Gasteiger partial charge in [-0.1, -0.05) is 6.07 Å². The summed E-state index contributed by atoms with van der Waals surface area (Å²) < 4.78 is 5.08. The van der Waals surface area contributed by atoms with E-state index in [9.17, 15) is 9.59 Å². The first-order valence-electron chi connectivity index (χ1n) is 4.69. The summed E-state index contributed by atoms with van der Waals surface area (Å²) in [4.78, 5) is 21.5. The number of carboxylic acids is 1. The van der Waals surface area contributed by atoms with Crippen LogP contribution in [0.2, 0.25) is 0 Å². The van der Waals surface area contributed by atoms with Gasteiger partial charge in [0.05, 0.1) is 7.11 Å². The lowest BCUT2D eigenvalue weighted by Crippen LogP contribution is -2.15. The number of carboxylic acid groups (broad SMARTS) is 1. The van der Waals surface area contributed by atoms with E-state index in [4.69, 9.17) is 9.84 Å². The molecule has 0 aliphatic heterocycles. The molecule has 16 heavy (non-hydrogen) atoms. The van der Waals surface area contributed by atoms with E-state index in [2.05, 4.69) is 5.32 Å². The monoisotopic (exact) mass is 223 g/mol. The van der Waals surface area contributed by atoms with Crippen molar-refractivity contribution >= 4 is 17.6 Å². The number of carbonyl (C=O) groups is 2. The van der Waals surface area contributed by atoms with Crippen LogP contribution >= 0.6 is 0 Å². The Bertz CT molecular complexity index is 414. The summed E-state index contributed by atoms with van der Waals surface area (Å²) in [5, 5.41) is 10.9. The summed E-state index contributed by atoms with van der Waals surface area (Å²) in [6, 6.07) is 5.13. The number of hydrogen-bond acceptors (Lipinski definition) is 3. The minimum atomic E-state index is -1.16. The van der Waals surface area contributed by atoms with Crippen molar-refractivity contribution in [2.75, 3.05) is 12.4 Å². The van der Waals surface area contributed by atoms with Crippen LogP contribution in [0.5, 0.6) is 5.75 Å². The number of amides is 1. The van der Waals surface area contributed by atoms with Crippen molar-refractivity contribution in [3.05, 3.63) is 23.8 Å². The van der Waals surface area contributed by atoms with Gasteiger partial charge in [-0.25, -0.2) is 0 Å². The van der Waals surface area contributed by atoms with E-state index in [-0.39, 0.29) is 0 Å². The first-order chi connectivity index (χ1) is 7.52. The lowest BCUT2D eigenvalue weighted by Gasteiger charge is -2.08. The van der Waals surface area contributed by atoms with Gasteiger partial charge in [0.1, 0.15) is 12.2 Å². The fourth-order valence-corrected chi connectivity index (χ4v) is 1.24. The Hall–Kier alpha value is -2.04. The number of anilines is 1. The van der Waals surface area contributed by atoms with E-state index < -0.39 is 18.3 Å². The number of methoxy groups -OCH3 is 1. The maximum Gasteiger partial charge on any atom is 0.312 e. The third-order valence-electron chi connectivity index (χ3n) is 2.00. The summed E-state index contributed by atoms with van der Waals surface area (Å²) in [7, 11) is 1.53. The average Bonchev–Trinajstić information content (AvgIpc) is 2.19. The maximum atomic E-state index is 11.2. The largest absolute Gasteiger partial charge is 0.496 e. The van der Waals surface area contributed by atoms with Gasteiger partial charge in [-0.15, -0.1) is 0 Å². The van der Waals surface area contributed by atoms with E-state index in [1.54, 1.807) is 18.2 Å². The molecule has 0 aliphatic carbocycles. The minimum absolute atomic E-state index is 0.522. The Kier molecular flexibility index (Phi) is 3.88. The number of aliphatic carboxylic acids is 1. The second-order valence-corrected chi connectivity index (χ2v) is 3.30. The van der Waals surface area contributed by atoms with Crippen LogP contribution < -0.4 is 10.1 Å². The van der Waals surface area contributed by atoms with Crippen molar-refractivity contribution in [3.63, 3.8) is 0 Å². The minimum Gasteiger partial charge on any atom is -0.496 e. The second-order valence-electron chi connectivity index (χ2n) is 3.30. The smallest absolute Gasteiger partial charge is 0.312 e. The summed E-state index contributed by atoms with van der Waals surface area (Å²) in [6.45, 7) is 1.88. The summed E-state index contributed by atoms with van der Waals surface area (Å²) in [5.41, 5.74) is 1.47. The predicted molar refractivity (Wildman–Crippen MR) is 58.6 cm³/mol. The van der Waals surface area contributed by atoms with Gasteiger partial charge in [0.15, 0.2) is 0 Å². The van der Waals surface area contributed by atoms with Gasteiger partial charge in [-0.2, -0.15) is 0 Å². The molecule has 0 aliphatic rings. The fourth-order valence-electron chi connectivity index (χ4n) is 1.24. The molecule has 0 aromatic heterocycles. The highest BCUT2D eigenvalue weighted by molar-refractivity contribution is 6.01. The van der Waals surface area contributed by atoms with E-state index in [0.717, 1.165) is 5.56 Å². The fraction of sp³-hybridized carbons (Fsp3) is 0.273. The van der Waals surface area contributed by atoms with Crippen LogP contribution in [0.15, 0.2) is 18.2 Å². The Morgan fingerprint density at radius 3 is 2.69 bits per heavy atom. The first-order valence-corrected chi connectivity index (χ1v) is 4.69. The van der Waals surface area contributed by atoms with E-state index in [1.165, 1.54) is 7.11 Å². The molecule has 1 aromatic rings. The molecule has 0 unspecified atom stereocenters. The van der Waals surface area contributed by atoms with Crippen molar-refractivity contribution in [3.8, 4) is 5.75 Å². The number of aryl methyl sites for hydroxylation is 1. The average molecular weight is 223 g/mol. The highest BCUT2D eigenvalue weighted by atomic mass is 16.5. The van der Waals surface area contributed by atoms with Gasteiger partial charge in [0, 0.05) is 11.8 Å². The lowest BCUT2D eigenvalue weighted by molar-refractivity contribution is -0.139. The SMILES string of the molecule is COc1cc(NC(=O)CC(=O)O)ccc1C. The van der Waals surface area contributed by atoms with Crippen LogP contribution in [-0.4, -0.2) is 24.1 Å². The molecule has 0 saturated carbocycles. The molecular formula is C11H13NO4. The summed E-state index contributed by atoms with van der Waals surface area (Å²) in [6.07, 6.45) is -0.545. The molecule has 0 radical (unpaired) electrons. The van der Waals surface area contributed by atoms with Gasteiger partial charge in [0.2, 0.25) is 5.91 Å². The third kappa shape index (κ3) is 3.27. The van der Waals surface area contributed by atoms with Crippen LogP contribution in [0.4, 0.5) is 5.69 Å². The molecule has 0 bridgehead atoms. The van der Waals surface area contributed by atoms with Crippen LogP contribution in [-0.2, 0) is 9.59 Å². The number of ether oxygens (including phenoxy) is 1. The highest BCUT2D eigenvalue weighted by Gasteiger charge is 2.08. The molecule has 86 valence electrons. The van der Waals surface area contributed by atoms with E-state index in [0.29, 0.717) is 11.4 Å². The van der Waals surface area contributed by atoms with Crippen molar-refractivity contribution in [1.29, 1.82) is 0 Å². The van der Waals surface area contributed by atoms with Crippen LogP contribution in [0.1, 0.15) is 12.0 Å². The molecule has 5 nitrogen and oxygen atoms in total. The first kappa shape index (κ1) is 12.0. The quantitative estimate of drug-likeness (QED) is 0.757. The molecule has 0 atom stereocenters. The maximum absolute atomic E-state index is 11.2. The van der Waals surface area contributed by atoms with Crippen LogP contribution in [0.3, 0.4) is 0 Å². The molecule has 2 N–H and O–H groups in total. The zero-order valence-corrected chi connectivity index (χ0v) is 9.11. The van der Waals surface area contributed by atoms with Gasteiger partial charge in [-0.05, 0) is 18.6 Å². The van der Waals surface area contributed by atoms with Crippen LogP contribution in [0.25, 0.3) is 0 Å². The molecule has 0 saturated heterocycles. The Morgan fingerprint density at radius 1 is 1.44 bits per heavy atom. The van der Waals surface area contributed by atoms with Crippen molar-refractivity contribution in [2.45, 2.75) is 13.3 Å². The summed E-state index contributed by atoms with van der Waals surface area (Å²) in [5.74, 6) is -1.07. The molecule has 0 fully saturated rings.